The van der Waals surface area contributed by atoms with Crippen molar-refractivity contribution in [1.29, 1.82) is 0 Å². The Morgan fingerprint density at radius 1 is 0.485 bits per heavy atom. The summed E-state index contributed by atoms with van der Waals surface area (Å²) in [5, 5.41) is 40.0. The predicted octanol–water partition coefficient (Wildman–Crippen LogP) is 12.7. The van der Waals surface area contributed by atoms with Gasteiger partial charge in [-0.05, 0) is 77.0 Å². The van der Waals surface area contributed by atoms with Crippen molar-refractivity contribution >= 4 is 17.9 Å². The molecule has 6 unspecified atom stereocenters. The van der Waals surface area contributed by atoms with E-state index in [2.05, 4.69) is 74.6 Å². The van der Waals surface area contributed by atoms with Gasteiger partial charge in [0.25, 0.3) is 0 Å². The topological polar surface area (TPSA) is 169 Å². The molecule has 380 valence electrons. The van der Waals surface area contributed by atoms with Crippen LogP contribution in [0.2, 0.25) is 0 Å². The number of carboxylic acids is 1. The Kier molecular flexibility index (Phi) is 41.0. The zero-order valence-corrected chi connectivity index (χ0v) is 41.4. The fraction of sp³-hybridized carbons (Fsp3) is 0.764. The minimum absolute atomic E-state index is 0.176. The molecule has 0 aliphatic carbocycles. The van der Waals surface area contributed by atoms with Gasteiger partial charge in [-0.2, -0.15) is 0 Å². The van der Waals surface area contributed by atoms with Gasteiger partial charge in [0.05, 0.1) is 6.61 Å². The summed E-state index contributed by atoms with van der Waals surface area (Å²) in [6.07, 6.45) is 46.9. The van der Waals surface area contributed by atoms with E-state index in [0.29, 0.717) is 12.8 Å². The van der Waals surface area contributed by atoms with E-state index >= 15 is 0 Å². The van der Waals surface area contributed by atoms with E-state index in [1.807, 2.05) is 0 Å². The third-order valence-electron chi connectivity index (χ3n) is 11.9. The smallest absolute Gasteiger partial charge is 0.335 e. The highest BCUT2D eigenvalue weighted by Gasteiger charge is 2.47. The summed E-state index contributed by atoms with van der Waals surface area (Å²) in [6.45, 7) is 3.71. The zero-order valence-electron chi connectivity index (χ0n) is 41.4. The van der Waals surface area contributed by atoms with Gasteiger partial charge >= 0.3 is 17.9 Å². The number of allylic oxidation sites excluding steroid dienone is 10. The standard InChI is InChI=1S/C55H94O11/c1-3-5-7-9-11-13-15-17-19-21-23-24-26-28-30-32-34-36-38-40-42-44-49(57)65-47(46-64-55-52(60)50(58)51(59)53(66-55)54(61)62)45-63-48(56)43-41-39-37-35-33-31-29-27-25-22-20-18-16-14-12-10-8-6-4-2/h6,8,12,14,18,20-21,23,25,27,47,50-53,55,58-60H,3-5,7,9-11,13,15-17,19,22,24,26,28-46H2,1-2H3,(H,61,62)/b8-6-,14-12-,20-18-,23-21-,27-25-. The van der Waals surface area contributed by atoms with E-state index in [1.54, 1.807) is 0 Å². The van der Waals surface area contributed by atoms with Gasteiger partial charge in [0.15, 0.2) is 18.5 Å². The second kappa shape index (κ2) is 44.4. The van der Waals surface area contributed by atoms with Crippen molar-refractivity contribution in [2.24, 2.45) is 0 Å². The minimum atomic E-state index is -1.87. The quantitative estimate of drug-likeness (QED) is 0.0261. The molecule has 0 aromatic heterocycles. The van der Waals surface area contributed by atoms with Gasteiger partial charge in [-0.1, -0.05) is 190 Å². The van der Waals surface area contributed by atoms with Crippen LogP contribution in [0.3, 0.4) is 0 Å². The van der Waals surface area contributed by atoms with Crippen LogP contribution in [0.25, 0.3) is 0 Å². The van der Waals surface area contributed by atoms with Crippen molar-refractivity contribution in [2.45, 2.75) is 256 Å². The van der Waals surface area contributed by atoms with E-state index in [-0.39, 0.29) is 19.4 Å². The van der Waals surface area contributed by atoms with Crippen LogP contribution in [0.15, 0.2) is 60.8 Å². The number of ether oxygens (including phenoxy) is 4. The maximum Gasteiger partial charge on any atom is 0.335 e. The van der Waals surface area contributed by atoms with E-state index < -0.39 is 61.3 Å². The van der Waals surface area contributed by atoms with E-state index in [0.717, 1.165) is 83.5 Å². The molecule has 0 radical (unpaired) electrons. The van der Waals surface area contributed by atoms with E-state index in [4.69, 9.17) is 18.9 Å². The molecule has 66 heavy (non-hydrogen) atoms. The van der Waals surface area contributed by atoms with Gasteiger partial charge in [0.1, 0.15) is 24.9 Å². The van der Waals surface area contributed by atoms with Gasteiger partial charge in [0, 0.05) is 12.8 Å². The summed E-state index contributed by atoms with van der Waals surface area (Å²) in [7, 11) is 0. The average molecular weight is 931 g/mol. The third kappa shape index (κ3) is 35.1. The largest absolute Gasteiger partial charge is 0.479 e. The fourth-order valence-electron chi connectivity index (χ4n) is 7.75. The van der Waals surface area contributed by atoms with Crippen LogP contribution in [-0.4, -0.2) is 88.4 Å². The number of aliphatic carboxylic acids is 1. The van der Waals surface area contributed by atoms with Crippen LogP contribution in [-0.2, 0) is 33.3 Å². The molecule has 0 aromatic rings. The summed E-state index contributed by atoms with van der Waals surface area (Å²) >= 11 is 0. The zero-order chi connectivity index (χ0) is 48.1. The lowest BCUT2D eigenvalue weighted by Gasteiger charge is -2.38. The highest BCUT2D eigenvalue weighted by atomic mass is 16.7. The number of carbonyl (C=O) groups is 3. The van der Waals surface area contributed by atoms with Crippen molar-refractivity contribution in [1.82, 2.24) is 0 Å². The number of carboxylic acid groups (broad SMARTS) is 1. The summed E-state index contributed by atoms with van der Waals surface area (Å²) in [5.41, 5.74) is 0. The van der Waals surface area contributed by atoms with Crippen molar-refractivity contribution in [3.63, 3.8) is 0 Å². The molecule has 0 bridgehead atoms. The van der Waals surface area contributed by atoms with Crippen molar-refractivity contribution in [2.75, 3.05) is 13.2 Å². The van der Waals surface area contributed by atoms with E-state index in [9.17, 15) is 34.8 Å². The highest BCUT2D eigenvalue weighted by Crippen LogP contribution is 2.23. The molecule has 1 aliphatic heterocycles. The van der Waals surface area contributed by atoms with Crippen molar-refractivity contribution in [3.05, 3.63) is 60.8 Å². The molecule has 4 N–H and O–H groups in total. The Balaban J connectivity index is 2.30. The second-order valence-electron chi connectivity index (χ2n) is 18.0. The SMILES string of the molecule is CC/C=C\C/C=C\C/C=C\C/C=C\CCCCCCCCC(=O)OCC(COC1OC(C(=O)O)C(O)C(O)C1O)OC(=O)CCCCCCCCCCC/C=C\CCCCCCCCCC. The van der Waals surface area contributed by atoms with Crippen LogP contribution in [0, 0.1) is 0 Å². The van der Waals surface area contributed by atoms with Gasteiger partial charge in [-0.15, -0.1) is 0 Å². The summed E-state index contributed by atoms with van der Waals surface area (Å²) in [4.78, 5) is 37.0. The monoisotopic (exact) mass is 931 g/mol. The fourth-order valence-corrected chi connectivity index (χ4v) is 7.75. The molecule has 0 amide bonds. The van der Waals surface area contributed by atoms with Crippen LogP contribution < -0.4 is 0 Å². The predicted molar refractivity (Wildman–Crippen MR) is 266 cm³/mol. The number of carbonyl (C=O) groups excluding carboxylic acids is 2. The number of unbranched alkanes of at least 4 members (excludes halogenated alkanes) is 23. The lowest BCUT2D eigenvalue weighted by molar-refractivity contribution is -0.298. The Bertz CT molecular complexity index is 1320. The molecule has 0 spiro atoms. The van der Waals surface area contributed by atoms with E-state index in [1.165, 1.54) is 96.3 Å². The first kappa shape index (κ1) is 60.9. The molecule has 1 aliphatic rings. The van der Waals surface area contributed by atoms with Gasteiger partial charge < -0.3 is 39.4 Å². The maximum absolute atomic E-state index is 12.8. The number of hydrogen-bond acceptors (Lipinski definition) is 10. The van der Waals surface area contributed by atoms with Crippen LogP contribution in [0.4, 0.5) is 0 Å². The van der Waals surface area contributed by atoms with Crippen molar-refractivity contribution in [3.8, 4) is 0 Å². The molecule has 1 fully saturated rings. The van der Waals surface area contributed by atoms with Crippen LogP contribution >= 0.6 is 0 Å². The lowest BCUT2D eigenvalue weighted by Crippen LogP contribution is -2.60. The summed E-state index contributed by atoms with van der Waals surface area (Å²) in [6, 6.07) is 0. The van der Waals surface area contributed by atoms with Gasteiger partial charge in [-0.25, -0.2) is 4.79 Å². The summed E-state index contributed by atoms with van der Waals surface area (Å²) in [5.74, 6) is -2.46. The molecule has 1 heterocycles. The Morgan fingerprint density at radius 3 is 1.36 bits per heavy atom. The molecule has 1 saturated heterocycles. The summed E-state index contributed by atoms with van der Waals surface area (Å²) < 4.78 is 21.8. The molecule has 6 atom stereocenters. The first-order valence-corrected chi connectivity index (χ1v) is 26.3. The molecule has 1 rings (SSSR count). The Labute approximate surface area is 400 Å². The third-order valence-corrected chi connectivity index (χ3v) is 11.9. The maximum atomic E-state index is 12.8. The van der Waals surface area contributed by atoms with Gasteiger partial charge in [-0.3, -0.25) is 9.59 Å². The molecule has 0 aromatic carbocycles. The van der Waals surface area contributed by atoms with Gasteiger partial charge in [0.2, 0.25) is 0 Å². The second-order valence-corrected chi connectivity index (χ2v) is 18.0. The minimum Gasteiger partial charge on any atom is -0.479 e. The Morgan fingerprint density at radius 2 is 0.894 bits per heavy atom. The number of hydrogen-bond donors (Lipinski definition) is 4. The molecular weight excluding hydrogens is 837 g/mol. The lowest BCUT2D eigenvalue weighted by atomic mass is 9.99. The molecular formula is C55H94O11. The van der Waals surface area contributed by atoms with Crippen LogP contribution in [0.5, 0.6) is 0 Å². The number of aliphatic hydroxyl groups is 3. The molecule has 11 nitrogen and oxygen atoms in total. The number of esters is 2. The molecule has 0 saturated carbocycles. The normalized spacial score (nSPS) is 19.6. The number of rotatable bonds is 44. The van der Waals surface area contributed by atoms with Crippen molar-refractivity contribution < 1.29 is 53.8 Å². The first-order chi connectivity index (χ1) is 32.2. The highest BCUT2D eigenvalue weighted by molar-refractivity contribution is 5.73. The number of aliphatic hydroxyl groups excluding tert-OH is 3. The Hall–Kier alpha value is -3.09. The van der Waals surface area contributed by atoms with Crippen LogP contribution in [0.1, 0.15) is 219 Å². The molecule has 11 heteroatoms. The first-order valence-electron chi connectivity index (χ1n) is 26.3. The average Bonchev–Trinajstić information content (AvgIpc) is 3.30.